The highest BCUT2D eigenvalue weighted by molar-refractivity contribution is 9.10. The molecule has 0 radical (unpaired) electrons. The van der Waals surface area contributed by atoms with Gasteiger partial charge in [0.2, 0.25) is 0 Å². The third-order valence-corrected chi connectivity index (χ3v) is 3.10. The van der Waals surface area contributed by atoms with Crippen LogP contribution in [0.1, 0.15) is 11.1 Å². The minimum Gasteiger partial charge on any atom is -0.390 e. The maximum atomic E-state index is 11.3. The van der Waals surface area contributed by atoms with Gasteiger partial charge in [0.25, 0.3) is 0 Å². The quantitative estimate of drug-likeness (QED) is 0.587. The number of carbonyl (C=O) groups excluding carboxylic acids is 2. The molecule has 1 aromatic carbocycles. The minimum absolute atomic E-state index is 0.120. The molecule has 0 N–H and O–H groups in total. The summed E-state index contributed by atoms with van der Waals surface area (Å²) < 4.78 is 5.50. The Bertz CT molecular complexity index is 460. The van der Waals surface area contributed by atoms with Crippen molar-refractivity contribution in [3.05, 3.63) is 27.7 Å². The first-order valence-electron chi connectivity index (χ1n) is 5.22. The summed E-state index contributed by atoms with van der Waals surface area (Å²) in [5.41, 5.74) is 2.98. The van der Waals surface area contributed by atoms with Crippen LogP contribution in [0.2, 0.25) is 0 Å². The van der Waals surface area contributed by atoms with Gasteiger partial charge in [-0.1, -0.05) is 15.9 Å². The molecular weight excluding hydrogens is 286 g/mol. The number of rotatable bonds is 1. The molecule has 0 aromatic heterocycles. The van der Waals surface area contributed by atoms with Gasteiger partial charge in [0, 0.05) is 10.2 Å². The van der Waals surface area contributed by atoms with Crippen molar-refractivity contribution in [2.45, 2.75) is 13.8 Å². The van der Waals surface area contributed by atoms with Crippen LogP contribution < -0.4 is 4.90 Å². The normalized spacial score (nSPS) is 16.1. The van der Waals surface area contributed by atoms with Gasteiger partial charge in [-0.3, -0.25) is 0 Å². The Morgan fingerprint density at radius 1 is 1.12 bits per heavy atom. The zero-order chi connectivity index (χ0) is 12.6. The highest BCUT2D eigenvalue weighted by Gasteiger charge is 2.26. The molecule has 1 fully saturated rings. The summed E-state index contributed by atoms with van der Waals surface area (Å²) in [6.45, 7) is 4.15. The molecule has 0 bridgehead atoms. The van der Waals surface area contributed by atoms with E-state index in [0.717, 1.165) is 21.3 Å². The second-order valence-electron chi connectivity index (χ2n) is 4.09. The van der Waals surface area contributed by atoms with E-state index in [1.807, 2.05) is 26.0 Å². The molecule has 2 rings (SSSR count). The van der Waals surface area contributed by atoms with Crippen molar-refractivity contribution in [3.8, 4) is 0 Å². The third-order valence-electron chi connectivity index (χ3n) is 2.64. The standard InChI is InChI=1S/C12H12BrNO3/c1-7-3-9(13)4-8(2)12(7)14-5-10(15)17-11(16)6-14/h3-4H,5-6H2,1-2H3. The minimum atomic E-state index is -0.497. The average Bonchev–Trinajstić information content (AvgIpc) is 2.13. The molecule has 90 valence electrons. The van der Waals surface area contributed by atoms with E-state index in [2.05, 4.69) is 20.7 Å². The van der Waals surface area contributed by atoms with Gasteiger partial charge in [-0.05, 0) is 37.1 Å². The molecule has 5 heteroatoms. The molecule has 17 heavy (non-hydrogen) atoms. The molecule has 0 saturated carbocycles. The van der Waals surface area contributed by atoms with Gasteiger partial charge in [0.15, 0.2) is 0 Å². The Balaban J connectivity index is 2.40. The van der Waals surface area contributed by atoms with E-state index in [4.69, 9.17) is 0 Å². The summed E-state index contributed by atoms with van der Waals surface area (Å²) in [6.07, 6.45) is 0. The van der Waals surface area contributed by atoms with E-state index in [1.165, 1.54) is 0 Å². The SMILES string of the molecule is Cc1cc(Br)cc(C)c1N1CC(=O)OC(=O)C1. The summed E-state index contributed by atoms with van der Waals surface area (Å²) in [5.74, 6) is -0.995. The van der Waals surface area contributed by atoms with Gasteiger partial charge < -0.3 is 9.64 Å². The number of halogens is 1. The molecule has 1 aromatic rings. The number of morpholine rings is 1. The van der Waals surface area contributed by atoms with Gasteiger partial charge in [0.1, 0.15) is 13.1 Å². The number of ether oxygens (including phenoxy) is 1. The maximum Gasteiger partial charge on any atom is 0.333 e. The lowest BCUT2D eigenvalue weighted by atomic mass is 10.1. The number of hydrogen-bond acceptors (Lipinski definition) is 4. The zero-order valence-corrected chi connectivity index (χ0v) is 11.2. The van der Waals surface area contributed by atoms with E-state index >= 15 is 0 Å². The van der Waals surface area contributed by atoms with E-state index in [1.54, 1.807) is 4.90 Å². The molecule has 0 spiro atoms. The highest BCUT2D eigenvalue weighted by atomic mass is 79.9. The lowest BCUT2D eigenvalue weighted by Crippen LogP contribution is -2.43. The molecule has 1 aliphatic rings. The van der Waals surface area contributed by atoms with Crippen LogP contribution in [0.5, 0.6) is 0 Å². The van der Waals surface area contributed by atoms with Crippen LogP contribution in [-0.4, -0.2) is 25.0 Å². The molecule has 0 unspecified atom stereocenters. The Morgan fingerprint density at radius 2 is 1.59 bits per heavy atom. The summed E-state index contributed by atoms with van der Waals surface area (Å²) >= 11 is 3.42. The van der Waals surface area contributed by atoms with Crippen LogP contribution in [0.25, 0.3) is 0 Å². The first-order valence-corrected chi connectivity index (χ1v) is 6.02. The lowest BCUT2D eigenvalue weighted by molar-refractivity contribution is -0.160. The molecule has 1 saturated heterocycles. The fourth-order valence-electron chi connectivity index (χ4n) is 2.12. The molecule has 0 amide bonds. The molecule has 1 aliphatic heterocycles. The van der Waals surface area contributed by atoms with Crippen LogP contribution in [-0.2, 0) is 14.3 Å². The number of cyclic esters (lactones) is 2. The number of benzene rings is 1. The summed E-state index contributed by atoms with van der Waals surface area (Å²) in [5, 5.41) is 0. The van der Waals surface area contributed by atoms with Crippen LogP contribution in [0, 0.1) is 13.8 Å². The molecule has 0 atom stereocenters. The number of carbonyl (C=O) groups is 2. The zero-order valence-electron chi connectivity index (χ0n) is 9.62. The summed E-state index contributed by atoms with van der Waals surface area (Å²) in [7, 11) is 0. The largest absolute Gasteiger partial charge is 0.390 e. The number of hydrogen-bond donors (Lipinski definition) is 0. The Kier molecular flexibility index (Phi) is 3.19. The monoisotopic (exact) mass is 297 g/mol. The Hall–Kier alpha value is -1.36. The third kappa shape index (κ3) is 2.49. The van der Waals surface area contributed by atoms with Gasteiger partial charge >= 0.3 is 11.9 Å². The second kappa shape index (κ2) is 4.49. The number of aryl methyl sites for hydroxylation is 2. The molecule has 1 heterocycles. The highest BCUT2D eigenvalue weighted by Crippen LogP contribution is 2.29. The van der Waals surface area contributed by atoms with Gasteiger partial charge in [0.05, 0.1) is 0 Å². The number of nitrogens with zero attached hydrogens (tertiary/aromatic N) is 1. The van der Waals surface area contributed by atoms with Crippen LogP contribution in [0.15, 0.2) is 16.6 Å². The van der Waals surface area contributed by atoms with E-state index < -0.39 is 11.9 Å². The fourth-order valence-corrected chi connectivity index (χ4v) is 2.81. The average molecular weight is 298 g/mol. The maximum absolute atomic E-state index is 11.3. The van der Waals surface area contributed by atoms with Crippen molar-refractivity contribution < 1.29 is 14.3 Å². The van der Waals surface area contributed by atoms with Crippen molar-refractivity contribution in [1.29, 1.82) is 0 Å². The summed E-state index contributed by atoms with van der Waals surface area (Å²) in [6, 6.07) is 3.93. The first kappa shape index (κ1) is 12.1. The van der Waals surface area contributed by atoms with Gasteiger partial charge in [-0.15, -0.1) is 0 Å². The lowest BCUT2D eigenvalue weighted by Gasteiger charge is -2.29. The summed E-state index contributed by atoms with van der Waals surface area (Å²) in [4.78, 5) is 24.3. The van der Waals surface area contributed by atoms with Crippen LogP contribution in [0.4, 0.5) is 5.69 Å². The topological polar surface area (TPSA) is 46.6 Å². The predicted octanol–water partition coefficient (Wildman–Crippen LogP) is 1.96. The van der Waals surface area contributed by atoms with Crippen molar-refractivity contribution >= 4 is 33.6 Å². The van der Waals surface area contributed by atoms with Crippen molar-refractivity contribution in [2.75, 3.05) is 18.0 Å². The van der Waals surface area contributed by atoms with Crippen LogP contribution >= 0.6 is 15.9 Å². The fraction of sp³-hybridized carbons (Fsp3) is 0.333. The molecule has 0 aliphatic carbocycles. The molecule has 4 nitrogen and oxygen atoms in total. The smallest absolute Gasteiger partial charge is 0.333 e. The van der Waals surface area contributed by atoms with Crippen molar-refractivity contribution in [2.24, 2.45) is 0 Å². The molecular formula is C12H12BrNO3. The van der Waals surface area contributed by atoms with E-state index in [0.29, 0.717) is 0 Å². The first-order chi connectivity index (χ1) is 7.97. The predicted molar refractivity (Wildman–Crippen MR) is 66.9 cm³/mol. The van der Waals surface area contributed by atoms with Crippen LogP contribution in [0.3, 0.4) is 0 Å². The number of anilines is 1. The van der Waals surface area contributed by atoms with Gasteiger partial charge in [-0.2, -0.15) is 0 Å². The van der Waals surface area contributed by atoms with Crippen molar-refractivity contribution in [3.63, 3.8) is 0 Å². The van der Waals surface area contributed by atoms with Crippen molar-refractivity contribution in [1.82, 2.24) is 0 Å². The Labute approximate surface area is 108 Å². The second-order valence-corrected chi connectivity index (χ2v) is 5.01. The number of esters is 2. The van der Waals surface area contributed by atoms with E-state index in [9.17, 15) is 9.59 Å². The Morgan fingerprint density at radius 3 is 2.06 bits per heavy atom. The van der Waals surface area contributed by atoms with Gasteiger partial charge in [-0.25, -0.2) is 9.59 Å². The van der Waals surface area contributed by atoms with E-state index in [-0.39, 0.29) is 13.1 Å².